The average molecular weight is 254 g/mol. The van der Waals surface area contributed by atoms with Crippen LogP contribution >= 0.6 is 0 Å². The minimum atomic E-state index is 0.475. The minimum Gasteiger partial charge on any atom is -0.382 e. The number of rotatable bonds is 3. The Morgan fingerprint density at radius 1 is 1.16 bits per heavy atom. The molecule has 1 unspecified atom stereocenters. The first-order valence-corrected chi connectivity index (χ1v) is 6.61. The molecule has 98 valence electrons. The molecule has 1 aliphatic rings. The van der Waals surface area contributed by atoms with Crippen LogP contribution in [0.15, 0.2) is 42.6 Å². The summed E-state index contributed by atoms with van der Waals surface area (Å²) in [4.78, 5) is 4.11. The van der Waals surface area contributed by atoms with Gasteiger partial charge in [-0.2, -0.15) is 0 Å². The standard InChI is InChI=1S/C15H18N4/c16-19-15-10-14(7-8-17-15)18-13-6-5-11-3-1-2-4-12(11)9-13/h1-4,7-8,10,13H,5-6,9,16H2,(H2,17,18,19). The van der Waals surface area contributed by atoms with Gasteiger partial charge >= 0.3 is 0 Å². The van der Waals surface area contributed by atoms with Crippen molar-refractivity contribution >= 4 is 11.5 Å². The Bertz CT molecular complexity index is 568. The van der Waals surface area contributed by atoms with Crippen LogP contribution in [0.2, 0.25) is 0 Å². The Balaban J connectivity index is 1.71. The van der Waals surface area contributed by atoms with Crippen LogP contribution < -0.4 is 16.6 Å². The van der Waals surface area contributed by atoms with E-state index in [1.807, 2.05) is 12.1 Å². The van der Waals surface area contributed by atoms with Crippen molar-refractivity contribution < 1.29 is 0 Å². The van der Waals surface area contributed by atoms with Crippen molar-refractivity contribution in [2.75, 3.05) is 10.7 Å². The minimum absolute atomic E-state index is 0.475. The molecule has 0 saturated heterocycles. The molecule has 0 spiro atoms. The molecule has 1 aromatic carbocycles. The van der Waals surface area contributed by atoms with Crippen molar-refractivity contribution in [2.45, 2.75) is 25.3 Å². The Kier molecular flexibility index (Phi) is 3.33. The summed E-state index contributed by atoms with van der Waals surface area (Å²) in [5.41, 5.74) is 6.57. The highest BCUT2D eigenvalue weighted by Gasteiger charge is 2.17. The van der Waals surface area contributed by atoms with Crippen molar-refractivity contribution in [1.29, 1.82) is 0 Å². The zero-order valence-corrected chi connectivity index (χ0v) is 10.8. The molecule has 19 heavy (non-hydrogen) atoms. The number of anilines is 2. The van der Waals surface area contributed by atoms with E-state index >= 15 is 0 Å². The molecule has 0 aliphatic heterocycles. The van der Waals surface area contributed by atoms with Gasteiger partial charge < -0.3 is 10.7 Å². The monoisotopic (exact) mass is 254 g/mol. The van der Waals surface area contributed by atoms with Crippen molar-refractivity contribution in [1.82, 2.24) is 4.98 Å². The van der Waals surface area contributed by atoms with Gasteiger partial charge in [-0.05, 0) is 36.5 Å². The lowest BCUT2D eigenvalue weighted by atomic mass is 9.88. The number of benzene rings is 1. The molecule has 1 aliphatic carbocycles. The van der Waals surface area contributed by atoms with Crippen molar-refractivity contribution in [3.05, 3.63) is 53.7 Å². The third-order valence-electron chi connectivity index (χ3n) is 3.63. The van der Waals surface area contributed by atoms with Gasteiger partial charge in [0.05, 0.1) is 0 Å². The number of nitrogens with two attached hydrogens (primary N) is 1. The van der Waals surface area contributed by atoms with Crippen LogP contribution in [0, 0.1) is 0 Å². The second-order valence-electron chi connectivity index (χ2n) is 4.93. The molecule has 1 aromatic heterocycles. The van der Waals surface area contributed by atoms with Crippen LogP contribution in [0.3, 0.4) is 0 Å². The first-order valence-electron chi connectivity index (χ1n) is 6.61. The fourth-order valence-electron chi connectivity index (χ4n) is 2.66. The lowest BCUT2D eigenvalue weighted by Crippen LogP contribution is -2.27. The average Bonchev–Trinajstić information content (AvgIpc) is 2.47. The van der Waals surface area contributed by atoms with E-state index in [2.05, 4.69) is 40.0 Å². The summed E-state index contributed by atoms with van der Waals surface area (Å²) < 4.78 is 0. The molecule has 3 rings (SSSR count). The Morgan fingerprint density at radius 2 is 2.00 bits per heavy atom. The highest BCUT2D eigenvalue weighted by Crippen LogP contribution is 2.24. The lowest BCUT2D eigenvalue weighted by Gasteiger charge is -2.26. The van der Waals surface area contributed by atoms with Crippen LogP contribution in [0.25, 0.3) is 0 Å². The molecule has 1 atom stereocenters. The zero-order valence-electron chi connectivity index (χ0n) is 10.8. The summed E-state index contributed by atoms with van der Waals surface area (Å²) in [5.74, 6) is 6.06. The summed E-state index contributed by atoms with van der Waals surface area (Å²) in [6, 6.07) is 13.1. The maximum absolute atomic E-state index is 5.37. The Labute approximate surface area is 113 Å². The fraction of sp³-hybridized carbons (Fsp3) is 0.267. The van der Waals surface area contributed by atoms with E-state index in [1.54, 1.807) is 6.20 Å². The summed E-state index contributed by atoms with van der Waals surface area (Å²) in [7, 11) is 0. The molecule has 0 amide bonds. The van der Waals surface area contributed by atoms with E-state index in [0.717, 1.165) is 24.9 Å². The number of pyridine rings is 1. The molecule has 0 fully saturated rings. The number of hydrogen-bond acceptors (Lipinski definition) is 4. The summed E-state index contributed by atoms with van der Waals surface area (Å²) >= 11 is 0. The van der Waals surface area contributed by atoms with Crippen LogP contribution in [-0.4, -0.2) is 11.0 Å². The van der Waals surface area contributed by atoms with E-state index < -0.39 is 0 Å². The van der Waals surface area contributed by atoms with Crippen LogP contribution in [0.1, 0.15) is 17.5 Å². The van der Waals surface area contributed by atoms with Gasteiger partial charge in [0, 0.05) is 24.0 Å². The van der Waals surface area contributed by atoms with Gasteiger partial charge in [-0.25, -0.2) is 10.8 Å². The molecule has 0 bridgehead atoms. The van der Waals surface area contributed by atoms with Crippen molar-refractivity contribution in [2.24, 2.45) is 5.84 Å². The number of nitrogens with zero attached hydrogens (tertiary/aromatic N) is 1. The number of hydrogen-bond donors (Lipinski definition) is 3. The summed E-state index contributed by atoms with van der Waals surface area (Å²) in [6.45, 7) is 0. The van der Waals surface area contributed by atoms with Crippen LogP contribution in [0.4, 0.5) is 11.5 Å². The molecule has 4 nitrogen and oxygen atoms in total. The molecule has 1 heterocycles. The largest absolute Gasteiger partial charge is 0.382 e. The lowest BCUT2D eigenvalue weighted by molar-refractivity contribution is 0.611. The van der Waals surface area contributed by atoms with Gasteiger partial charge in [0.1, 0.15) is 5.82 Å². The van der Waals surface area contributed by atoms with E-state index in [0.29, 0.717) is 11.9 Å². The first kappa shape index (κ1) is 12.0. The topological polar surface area (TPSA) is 63.0 Å². The summed E-state index contributed by atoms with van der Waals surface area (Å²) in [6.07, 6.45) is 5.13. The van der Waals surface area contributed by atoms with Gasteiger partial charge in [-0.3, -0.25) is 0 Å². The van der Waals surface area contributed by atoms with Crippen molar-refractivity contribution in [3.8, 4) is 0 Å². The number of nitrogen functional groups attached to an aromatic ring is 1. The van der Waals surface area contributed by atoms with Gasteiger partial charge in [-0.1, -0.05) is 24.3 Å². The second kappa shape index (κ2) is 5.28. The third-order valence-corrected chi connectivity index (χ3v) is 3.63. The number of hydrazine groups is 1. The van der Waals surface area contributed by atoms with E-state index in [4.69, 9.17) is 5.84 Å². The molecule has 0 saturated carbocycles. The zero-order chi connectivity index (χ0) is 13.1. The maximum atomic E-state index is 5.37. The van der Waals surface area contributed by atoms with Crippen molar-refractivity contribution in [3.63, 3.8) is 0 Å². The molecular weight excluding hydrogens is 236 g/mol. The highest BCUT2D eigenvalue weighted by molar-refractivity contribution is 5.52. The molecule has 0 radical (unpaired) electrons. The molecular formula is C15H18N4. The Morgan fingerprint density at radius 3 is 2.84 bits per heavy atom. The van der Waals surface area contributed by atoms with Gasteiger partial charge in [0.2, 0.25) is 0 Å². The Hall–Kier alpha value is -2.07. The predicted molar refractivity (Wildman–Crippen MR) is 77.9 cm³/mol. The van der Waals surface area contributed by atoms with Gasteiger partial charge in [0.25, 0.3) is 0 Å². The third kappa shape index (κ3) is 2.69. The maximum Gasteiger partial charge on any atom is 0.141 e. The SMILES string of the molecule is NNc1cc(NC2CCc3ccccc3C2)ccn1. The van der Waals surface area contributed by atoms with E-state index in [1.165, 1.54) is 11.1 Å². The molecule has 4 N–H and O–H groups in total. The normalized spacial score (nSPS) is 17.6. The van der Waals surface area contributed by atoms with E-state index in [-0.39, 0.29) is 0 Å². The smallest absolute Gasteiger partial charge is 0.141 e. The quantitative estimate of drug-likeness (QED) is 0.581. The number of aryl methyl sites for hydroxylation is 1. The molecule has 2 aromatic rings. The predicted octanol–water partition coefficient (Wildman–Crippen LogP) is 2.34. The number of nitrogens with one attached hydrogen (secondary N) is 2. The summed E-state index contributed by atoms with van der Waals surface area (Å²) in [5, 5.41) is 3.56. The van der Waals surface area contributed by atoms with Gasteiger partial charge in [-0.15, -0.1) is 0 Å². The van der Waals surface area contributed by atoms with Gasteiger partial charge in [0.15, 0.2) is 0 Å². The highest BCUT2D eigenvalue weighted by atomic mass is 15.2. The van der Waals surface area contributed by atoms with Crippen LogP contribution in [-0.2, 0) is 12.8 Å². The first-order chi connectivity index (χ1) is 9.35. The number of fused-ring (bicyclic) bond motifs is 1. The fourth-order valence-corrected chi connectivity index (χ4v) is 2.66. The van der Waals surface area contributed by atoms with E-state index in [9.17, 15) is 0 Å². The second-order valence-corrected chi connectivity index (χ2v) is 4.93. The number of aromatic nitrogens is 1. The van der Waals surface area contributed by atoms with Crippen LogP contribution in [0.5, 0.6) is 0 Å². The molecule has 4 heteroatoms.